The number of hydrogen-bond donors (Lipinski definition) is 0. The predicted octanol–water partition coefficient (Wildman–Crippen LogP) is 15.3. The van der Waals surface area contributed by atoms with Gasteiger partial charge in [0.1, 0.15) is 0 Å². The van der Waals surface area contributed by atoms with E-state index in [1.54, 1.807) is 0 Å². The molecular weight excluding hydrogens is 773 g/mol. The van der Waals surface area contributed by atoms with Crippen molar-refractivity contribution in [2.24, 2.45) is 0 Å². The fourth-order valence-corrected chi connectivity index (χ4v) is 12.3. The van der Waals surface area contributed by atoms with Gasteiger partial charge < -0.3 is 9.47 Å². The molecule has 1 heterocycles. The molecular formula is C62H40N2. The maximum absolute atomic E-state index is 2.56. The number of rotatable bonds is 4. The highest BCUT2D eigenvalue weighted by molar-refractivity contribution is 6.12. The van der Waals surface area contributed by atoms with Crippen LogP contribution in [-0.2, 0) is 10.8 Å². The van der Waals surface area contributed by atoms with E-state index in [-0.39, 0.29) is 0 Å². The van der Waals surface area contributed by atoms with E-state index >= 15 is 0 Å². The minimum atomic E-state index is -0.567. The van der Waals surface area contributed by atoms with Crippen molar-refractivity contribution in [2.45, 2.75) is 10.8 Å². The zero-order chi connectivity index (χ0) is 42.0. The summed E-state index contributed by atoms with van der Waals surface area (Å²) < 4.78 is 2.49. The molecule has 0 bridgehead atoms. The third-order valence-corrected chi connectivity index (χ3v) is 14.7. The molecule has 0 aliphatic heterocycles. The van der Waals surface area contributed by atoms with E-state index in [2.05, 4.69) is 252 Å². The molecule has 0 saturated heterocycles. The molecule has 3 aliphatic carbocycles. The van der Waals surface area contributed by atoms with Crippen molar-refractivity contribution in [1.29, 1.82) is 0 Å². The van der Waals surface area contributed by atoms with Gasteiger partial charge in [-0.3, -0.25) is 0 Å². The fourth-order valence-electron chi connectivity index (χ4n) is 12.3. The second-order valence-corrected chi connectivity index (χ2v) is 17.5. The van der Waals surface area contributed by atoms with Crippen LogP contribution in [0.3, 0.4) is 0 Å². The first-order valence-electron chi connectivity index (χ1n) is 22.4. The van der Waals surface area contributed by atoms with Crippen LogP contribution in [0.5, 0.6) is 0 Å². The Labute approximate surface area is 372 Å². The Morgan fingerprint density at radius 2 is 0.656 bits per heavy atom. The molecule has 11 aromatic rings. The summed E-state index contributed by atoms with van der Waals surface area (Å²) >= 11 is 0. The average molecular weight is 813 g/mol. The van der Waals surface area contributed by atoms with Gasteiger partial charge in [-0.2, -0.15) is 0 Å². The lowest BCUT2D eigenvalue weighted by atomic mass is 9.52. The van der Waals surface area contributed by atoms with E-state index in [0.717, 1.165) is 22.7 Å². The minimum absolute atomic E-state index is 0.475. The van der Waals surface area contributed by atoms with Crippen molar-refractivity contribution in [3.8, 4) is 27.9 Å². The maximum Gasteiger partial charge on any atom is 0.0720 e. The number of nitrogens with zero attached hydrogens (tertiary/aromatic N) is 2. The highest BCUT2D eigenvalue weighted by Gasteiger charge is 2.59. The molecule has 0 fully saturated rings. The molecule has 64 heavy (non-hydrogen) atoms. The van der Waals surface area contributed by atoms with Crippen LogP contribution in [0, 0.1) is 0 Å². The molecule has 0 saturated carbocycles. The molecule has 0 amide bonds. The zero-order valence-corrected chi connectivity index (χ0v) is 35.0. The summed E-state index contributed by atoms with van der Waals surface area (Å²) in [7, 11) is 0. The number of fused-ring (bicyclic) bond motifs is 19. The van der Waals surface area contributed by atoms with Crippen LogP contribution >= 0.6 is 0 Å². The molecule has 3 aliphatic rings. The monoisotopic (exact) mass is 812 g/mol. The van der Waals surface area contributed by atoms with Crippen molar-refractivity contribution < 1.29 is 0 Å². The van der Waals surface area contributed by atoms with Gasteiger partial charge in [-0.05, 0) is 133 Å². The van der Waals surface area contributed by atoms with E-state index in [1.807, 2.05) is 0 Å². The third kappa shape index (κ3) is 4.44. The van der Waals surface area contributed by atoms with Crippen LogP contribution in [0.1, 0.15) is 44.5 Å². The first-order chi connectivity index (χ1) is 31.8. The molecule has 2 heteroatoms. The van der Waals surface area contributed by atoms with Crippen LogP contribution in [-0.4, -0.2) is 4.57 Å². The number of anilines is 3. The van der Waals surface area contributed by atoms with Crippen molar-refractivity contribution >= 4 is 38.9 Å². The molecule has 14 rings (SSSR count). The van der Waals surface area contributed by atoms with Gasteiger partial charge in [0.15, 0.2) is 0 Å². The molecule has 2 nitrogen and oxygen atoms in total. The zero-order valence-electron chi connectivity index (χ0n) is 35.0. The Bertz CT molecular complexity index is 3540. The second kappa shape index (κ2) is 13.2. The first-order valence-corrected chi connectivity index (χ1v) is 22.4. The van der Waals surface area contributed by atoms with E-state index in [4.69, 9.17) is 0 Å². The topological polar surface area (TPSA) is 8.17 Å². The van der Waals surface area contributed by atoms with Crippen molar-refractivity contribution in [1.82, 2.24) is 4.57 Å². The first kappa shape index (κ1) is 35.4. The summed E-state index contributed by atoms with van der Waals surface area (Å²) in [6.45, 7) is 0. The highest BCUT2D eigenvalue weighted by Crippen LogP contribution is 2.67. The van der Waals surface area contributed by atoms with Crippen LogP contribution < -0.4 is 4.90 Å². The maximum atomic E-state index is 2.56. The largest absolute Gasteiger partial charge is 0.311 e. The summed E-state index contributed by atoms with van der Waals surface area (Å²) in [5, 5.41) is 2.51. The Morgan fingerprint density at radius 1 is 0.266 bits per heavy atom. The van der Waals surface area contributed by atoms with Crippen LogP contribution in [0.25, 0.3) is 49.7 Å². The summed E-state index contributed by atoms with van der Waals surface area (Å²) in [5.41, 5.74) is 21.9. The Kier molecular flexibility index (Phi) is 7.28. The lowest BCUT2D eigenvalue weighted by molar-refractivity contribution is 0.633. The third-order valence-electron chi connectivity index (χ3n) is 14.7. The SMILES string of the molecule is c1ccc(N(c2ccccc2)c2ccc(-n3c4ccccc4c4cc5c(cc43)C3(c4ccccc4-5)c4ccccc4C4(c5ccccc5-c5ccccc54)c4ccccc43)cc2)cc1. The van der Waals surface area contributed by atoms with E-state index < -0.39 is 10.8 Å². The molecule has 0 atom stereocenters. The molecule has 298 valence electrons. The van der Waals surface area contributed by atoms with Crippen molar-refractivity contribution in [2.75, 3.05) is 4.90 Å². The van der Waals surface area contributed by atoms with Crippen molar-refractivity contribution in [3.63, 3.8) is 0 Å². The van der Waals surface area contributed by atoms with Gasteiger partial charge in [-0.1, -0.05) is 176 Å². The van der Waals surface area contributed by atoms with Crippen LogP contribution in [0.15, 0.2) is 243 Å². The minimum Gasteiger partial charge on any atom is -0.311 e. The number of hydrogen-bond acceptors (Lipinski definition) is 1. The summed E-state index contributed by atoms with van der Waals surface area (Å²) in [6.07, 6.45) is 0. The van der Waals surface area contributed by atoms with Gasteiger partial charge in [0.05, 0.1) is 21.9 Å². The number of benzene rings is 10. The van der Waals surface area contributed by atoms with Gasteiger partial charge >= 0.3 is 0 Å². The Hall–Kier alpha value is -8.20. The number of para-hydroxylation sites is 3. The number of aromatic nitrogens is 1. The lowest BCUT2D eigenvalue weighted by Gasteiger charge is -2.48. The van der Waals surface area contributed by atoms with Gasteiger partial charge in [0, 0.05) is 33.5 Å². The van der Waals surface area contributed by atoms with Gasteiger partial charge in [-0.25, -0.2) is 0 Å². The Morgan fingerprint density at radius 3 is 1.17 bits per heavy atom. The van der Waals surface area contributed by atoms with Gasteiger partial charge in [0.25, 0.3) is 0 Å². The fraction of sp³-hybridized carbons (Fsp3) is 0.0323. The molecule has 10 aromatic carbocycles. The summed E-state index contributed by atoms with van der Waals surface area (Å²) in [5.74, 6) is 0. The average Bonchev–Trinajstić information content (AvgIpc) is 3.96. The normalized spacial score (nSPS) is 14.2. The molecule has 0 radical (unpaired) electrons. The van der Waals surface area contributed by atoms with Gasteiger partial charge in [0.2, 0.25) is 0 Å². The van der Waals surface area contributed by atoms with E-state index in [0.29, 0.717) is 0 Å². The van der Waals surface area contributed by atoms with Crippen molar-refractivity contribution in [3.05, 3.63) is 287 Å². The standard InChI is InChI=1S/C62H40N2/c1-3-19-41(20-4-1)63(42-21-5-2-6-22-42)43-35-37-44(38-36-43)64-59-34-18-10-26-48(59)50-39-49-47-25-9-13-29-53(47)62(58(49)40-60(50)64)56-32-16-14-30-54(56)61(55-31-15-17-33-57(55)62)51-27-11-7-23-45(51)46-24-8-12-28-52(46)61/h1-40H. The second-order valence-electron chi connectivity index (χ2n) is 17.5. The summed E-state index contributed by atoms with van der Waals surface area (Å²) in [4.78, 5) is 2.33. The molecule has 2 spiro atoms. The molecule has 1 aromatic heterocycles. The molecule has 0 N–H and O–H groups in total. The quantitative estimate of drug-likeness (QED) is 0.172. The molecule has 0 unspecified atom stereocenters. The predicted molar refractivity (Wildman–Crippen MR) is 264 cm³/mol. The highest BCUT2D eigenvalue weighted by atomic mass is 15.1. The lowest BCUT2D eigenvalue weighted by Crippen LogP contribution is -2.43. The van der Waals surface area contributed by atoms with E-state index in [9.17, 15) is 0 Å². The van der Waals surface area contributed by atoms with E-state index in [1.165, 1.54) is 88.6 Å². The van der Waals surface area contributed by atoms with Crippen LogP contribution in [0.4, 0.5) is 17.1 Å². The van der Waals surface area contributed by atoms with Gasteiger partial charge in [-0.15, -0.1) is 0 Å². The Balaban J connectivity index is 1.05. The smallest absolute Gasteiger partial charge is 0.0720 e. The summed E-state index contributed by atoms with van der Waals surface area (Å²) in [6, 6.07) is 90.6. The van der Waals surface area contributed by atoms with Crippen LogP contribution in [0.2, 0.25) is 0 Å².